The van der Waals surface area contributed by atoms with Gasteiger partial charge in [0.05, 0.1) is 0 Å². The molecule has 0 amide bonds. The molecule has 1 aromatic carbocycles. The number of benzene rings is 1. The molecule has 0 aliphatic carbocycles. The molecule has 0 heterocycles. The lowest BCUT2D eigenvalue weighted by Crippen LogP contribution is -2.38. The molecule has 1 rings (SSSR count). The zero-order chi connectivity index (χ0) is 13.3. The predicted molar refractivity (Wildman–Crippen MR) is 79.1 cm³/mol. The van der Waals surface area contributed by atoms with E-state index in [4.69, 9.17) is 8.85 Å². The highest BCUT2D eigenvalue weighted by Gasteiger charge is 2.29. The van der Waals surface area contributed by atoms with Crippen molar-refractivity contribution in [3.05, 3.63) is 35.9 Å². The number of hydrogen-bond donors (Lipinski definition) is 0. The van der Waals surface area contributed by atoms with E-state index in [1.165, 1.54) is 18.4 Å². The summed E-state index contributed by atoms with van der Waals surface area (Å²) in [5, 5.41) is 0. The molecule has 0 bridgehead atoms. The van der Waals surface area contributed by atoms with E-state index in [1.54, 1.807) is 0 Å². The summed E-state index contributed by atoms with van der Waals surface area (Å²) in [6, 6.07) is 11.8. The van der Waals surface area contributed by atoms with Gasteiger partial charge in [-0.1, -0.05) is 36.8 Å². The van der Waals surface area contributed by atoms with Gasteiger partial charge in [-0.05, 0) is 44.8 Å². The summed E-state index contributed by atoms with van der Waals surface area (Å²) >= 11 is 0. The highest BCUT2D eigenvalue weighted by molar-refractivity contribution is 6.66. The van der Waals surface area contributed by atoms with E-state index in [-0.39, 0.29) is 0 Å². The molecule has 0 saturated carbocycles. The summed E-state index contributed by atoms with van der Waals surface area (Å²) < 4.78 is 11.7. The Labute approximate surface area is 113 Å². The van der Waals surface area contributed by atoms with E-state index >= 15 is 0 Å². The molecule has 0 radical (unpaired) electrons. The molecule has 0 N–H and O–H groups in total. The third-order valence-corrected chi connectivity index (χ3v) is 6.15. The molecule has 0 aliphatic heterocycles. The largest absolute Gasteiger partial charge is 0.395 e. The van der Waals surface area contributed by atoms with Crippen LogP contribution in [-0.4, -0.2) is 21.8 Å². The van der Waals surface area contributed by atoms with Gasteiger partial charge in [-0.15, -0.1) is 0 Å². The van der Waals surface area contributed by atoms with Crippen molar-refractivity contribution in [1.29, 1.82) is 0 Å². The van der Waals surface area contributed by atoms with Gasteiger partial charge in [0, 0.05) is 13.2 Å². The smallest absolute Gasteiger partial charge is 0.334 e. The highest BCUT2D eigenvalue weighted by Crippen LogP contribution is 2.18. The normalized spacial score (nSPS) is 11.7. The van der Waals surface area contributed by atoms with Gasteiger partial charge in [0.15, 0.2) is 0 Å². The Morgan fingerprint density at radius 2 is 1.56 bits per heavy atom. The zero-order valence-electron chi connectivity index (χ0n) is 11.9. The lowest BCUT2D eigenvalue weighted by Gasteiger charge is -2.25. The van der Waals surface area contributed by atoms with Crippen LogP contribution in [0.3, 0.4) is 0 Å². The van der Waals surface area contributed by atoms with Crippen LogP contribution in [0, 0.1) is 0 Å². The summed E-state index contributed by atoms with van der Waals surface area (Å²) in [7, 11) is -1.89. The van der Waals surface area contributed by atoms with Gasteiger partial charge in [0.2, 0.25) is 0 Å². The molecule has 0 saturated heterocycles. The maximum absolute atomic E-state index is 5.84. The number of rotatable bonds is 9. The van der Waals surface area contributed by atoms with Gasteiger partial charge < -0.3 is 8.85 Å². The Morgan fingerprint density at radius 3 is 2.11 bits per heavy atom. The van der Waals surface area contributed by atoms with Gasteiger partial charge in [-0.2, -0.15) is 0 Å². The molecule has 2 nitrogen and oxygen atoms in total. The lowest BCUT2D eigenvalue weighted by molar-refractivity contribution is 0.188. The minimum atomic E-state index is -1.89. The average Bonchev–Trinajstić information content (AvgIpc) is 2.37. The molecule has 0 aromatic heterocycles. The van der Waals surface area contributed by atoms with Gasteiger partial charge in [0.25, 0.3) is 0 Å². The zero-order valence-corrected chi connectivity index (χ0v) is 12.9. The summed E-state index contributed by atoms with van der Waals surface area (Å²) in [5.41, 5.74) is 1.42. The van der Waals surface area contributed by atoms with Crippen molar-refractivity contribution in [1.82, 2.24) is 0 Å². The Balaban J connectivity index is 2.26. The fourth-order valence-corrected chi connectivity index (χ4v) is 4.70. The molecule has 18 heavy (non-hydrogen) atoms. The fraction of sp³-hybridized carbons (Fsp3) is 0.600. The van der Waals surface area contributed by atoms with Crippen LogP contribution in [-0.2, 0) is 15.3 Å². The van der Waals surface area contributed by atoms with Crippen LogP contribution >= 0.6 is 0 Å². The number of aryl methyl sites for hydroxylation is 1. The molecule has 3 heteroatoms. The van der Waals surface area contributed by atoms with E-state index < -0.39 is 8.56 Å². The quantitative estimate of drug-likeness (QED) is 0.494. The van der Waals surface area contributed by atoms with Crippen LogP contribution in [0.5, 0.6) is 0 Å². The van der Waals surface area contributed by atoms with Crippen molar-refractivity contribution in [2.75, 3.05) is 13.2 Å². The van der Waals surface area contributed by atoms with Gasteiger partial charge in [-0.25, -0.2) is 0 Å². The van der Waals surface area contributed by atoms with Crippen molar-refractivity contribution in [2.45, 2.75) is 45.7 Å². The molecule has 102 valence electrons. The van der Waals surface area contributed by atoms with Crippen molar-refractivity contribution in [3.8, 4) is 0 Å². The first-order chi connectivity index (χ1) is 8.70. The van der Waals surface area contributed by atoms with Crippen LogP contribution in [0.25, 0.3) is 0 Å². The second-order valence-corrected chi connectivity index (χ2v) is 8.04. The van der Waals surface area contributed by atoms with E-state index in [0.29, 0.717) is 0 Å². The van der Waals surface area contributed by atoms with Gasteiger partial charge in [-0.3, -0.25) is 0 Å². The van der Waals surface area contributed by atoms with E-state index in [1.807, 2.05) is 13.8 Å². The van der Waals surface area contributed by atoms with Crippen LogP contribution in [0.2, 0.25) is 12.6 Å². The second-order valence-electron chi connectivity index (χ2n) is 4.69. The number of unbranched alkanes of at least 4 members (excludes halogenated alkanes) is 1. The standard InChI is InChI=1S/C15H26O2Si/c1-4-16-18(3,17-5-2)14-10-9-13-15-11-7-6-8-12-15/h6-8,11-12H,4-5,9-10,13-14H2,1-3H3. The summed E-state index contributed by atoms with van der Waals surface area (Å²) in [4.78, 5) is 0. The molecule has 0 aliphatic rings. The monoisotopic (exact) mass is 266 g/mol. The highest BCUT2D eigenvalue weighted by atomic mass is 28.4. The second kappa shape index (κ2) is 8.46. The maximum Gasteiger partial charge on any atom is 0.334 e. The molecule has 1 aromatic rings. The predicted octanol–water partition coefficient (Wildman–Crippen LogP) is 4.15. The maximum atomic E-state index is 5.84. The van der Waals surface area contributed by atoms with Crippen LogP contribution < -0.4 is 0 Å². The molecule has 0 atom stereocenters. The lowest BCUT2D eigenvalue weighted by atomic mass is 10.1. The fourth-order valence-electron chi connectivity index (χ4n) is 2.22. The first-order valence-electron chi connectivity index (χ1n) is 7.02. The van der Waals surface area contributed by atoms with Crippen LogP contribution in [0.15, 0.2) is 30.3 Å². The third-order valence-electron chi connectivity index (χ3n) is 3.09. The first kappa shape index (κ1) is 15.4. The molecule has 0 fully saturated rings. The topological polar surface area (TPSA) is 18.5 Å². The van der Waals surface area contributed by atoms with Gasteiger partial charge >= 0.3 is 8.56 Å². The Hall–Kier alpha value is -0.643. The van der Waals surface area contributed by atoms with Gasteiger partial charge in [0.1, 0.15) is 0 Å². The van der Waals surface area contributed by atoms with Crippen molar-refractivity contribution < 1.29 is 8.85 Å². The molecular formula is C15H26O2Si. The van der Waals surface area contributed by atoms with Crippen molar-refractivity contribution in [2.24, 2.45) is 0 Å². The Kier molecular flexibility index (Phi) is 7.24. The number of hydrogen-bond acceptors (Lipinski definition) is 2. The Morgan fingerprint density at radius 1 is 0.944 bits per heavy atom. The summed E-state index contributed by atoms with van der Waals surface area (Å²) in [5.74, 6) is 0. The van der Waals surface area contributed by atoms with Crippen molar-refractivity contribution >= 4 is 8.56 Å². The minimum absolute atomic E-state index is 0.765. The molecule has 0 spiro atoms. The minimum Gasteiger partial charge on any atom is -0.395 e. The summed E-state index contributed by atoms with van der Waals surface area (Å²) in [6.45, 7) is 7.81. The first-order valence-corrected chi connectivity index (χ1v) is 9.54. The van der Waals surface area contributed by atoms with E-state index in [2.05, 4.69) is 36.9 Å². The van der Waals surface area contributed by atoms with Crippen LogP contribution in [0.4, 0.5) is 0 Å². The third kappa shape index (κ3) is 5.80. The summed E-state index contributed by atoms with van der Waals surface area (Å²) in [6.07, 6.45) is 3.56. The molecule has 0 unspecified atom stereocenters. The SMILES string of the molecule is CCO[Si](C)(CCCCc1ccccc1)OCC. The van der Waals surface area contributed by atoms with E-state index in [9.17, 15) is 0 Å². The van der Waals surface area contributed by atoms with E-state index in [0.717, 1.165) is 25.7 Å². The average molecular weight is 266 g/mol. The van der Waals surface area contributed by atoms with Crippen molar-refractivity contribution in [3.63, 3.8) is 0 Å². The molecular weight excluding hydrogens is 240 g/mol. The van der Waals surface area contributed by atoms with Crippen LogP contribution in [0.1, 0.15) is 32.3 Å². The Bertz CT molecular complexity index is 308.